The van der Waals surface area contributed by atoms with Crippen molar-refractivity contribution in [2.24, 2.45) is 0 Å². The number of unbranched alkanes of at least 4 members (excludes halogenated alkanes) is 34. The van der Waals surface area contributed by atoms with Gasteiger partial charge in [0, 0.05) is 6.42 Å². The summed E-state index contributed by atoms with van der Waals surface area (Å²) in [5.41, 5.74) is 0. The molecule has 0 saturated heterocycles. The maximum Gasteiger partial charge on any atom is 0.220 e. The molecule has 0 heterocycles. The van der Waals surface area contributed by atoms with Gasteiger partial charge in [-0.05, 0) is 70.6 Å². The molecule has 0 spiro atoms. The zero-order chi connectivity index (χ0) is 49.9. The first-order valence-corrected chi connectivity index (χ1v) is 30.3. The molecule has 1 amide bonds. The van der Waals surface area contributed by atoms with E-state index in [0.717, 1.165) is 70.6 Å². The highest BCUT2D eigenvalue weighted by Gasteiger charge is 2.20. The fraction of sp³-hybridized carbons (Fsp3) is 0.769. The van der Waals surface area contributed by atoms with Gasteiger partial charge in [0.25, 0.3) is 0 Å². The minimum absolute atomic E-state index is 0.0320. The molecule has 4 heteroatoms. The van der Waals surface area contributed by atoms with Crippen LogP contribution in [0.15, 0.2) is 85.1 Å². The zero-order valence-electron chi connectivity index (χ0n) is 46.1. The lowest BCUT2D eigenvalue weighted by Crippen LogP contribution is -2.45. The maximum absolute atomic E-state index is 12.5. The molecule has 0 fully saturated rings. The summed E-state index contributed by atoms with van der Waals surface area (Å²) in [5.74, 6) is -0.0320. The van der Waals surface area contributed by atoms with Crippen molar-refractivity contribution in [1.82, 2.24) is 5.32 Å². The van der Waals surface area contributed by atoms with Gasteiger partial charge in [-0.2, -0.15) is 0 Å². The second kappa shape index (κ2) is 59.9. The molecule has 0 rings (SSSR count). The summed E-state index contributed by atoms with van der Waals surface area (Å²) in [7, 11) is 0. The third-order valence-electron chi connectivity index (χ3n) is 13.7. The highest BCUT2D eigenvalue weighted by Crippen LogP contribution is 2.17. The predicted octanol–water partition coefficient (Wildman–Crippen LogP) is 20.3. The molecular weight excluding hydrogens is 843 g/mol. The monoisotopic (exact) mass is 960 g/mol. The molecule has 0 aliphatic carbocycles. The van der Waals surface area contributed by atoms with Crippen LogP contribution in [0.2, 0.25) is 0 Å². The number of allylic oxidation sites excluding steroid dienone is 14. The first-order chi connectivity index (χ1) is 34.2. The van der Waals surface area contributed by atoms with E-state index in [9.17, 15) is 15.0 Å². The van der Waals surface area contributed by atoms with Crippen LogP contribution in [0.1, 0.15) is 303 Å². The van der Waals surface area contributed by atoms with E-state index in [1.807, 2.05) is 0 Å². The number of carbonyl (C=O) groups is 1. The minimum Gasteiger partial charge on any atom is -0.394 e. The minimum atomic E-state index is -0.665. The Bertz CT molecular complexity index is 1230. The molecule has 0 aromatic heterocycles. The lowest BCUT2D eigenvalue weighted by atomic mass is 10.0. The van der Waals surface area contributed by atoms with E-state index >= 15 is 0 Å². The van der Waals surface area contributed by atoms with Crippen LogP contribution in [-0.2, 0) is 4.79 Å². The molecule has 2 unspecified atom stereocenters. The molecule has 3 N–H and O–H groups in total. The van der Waals surface area contributed by atoms with Gasteiger partial charge in [0.05, 0.1) is 18.8 Å². The van der Waals surface area contributed by atoms with E-state index in [0.29, 0.717) is 12.8 Å². The average molecular weight is 961 g/mol. The summed E-state index contributed by atoms with van der Waals surface area (Å²) < 4.78 is 0. The Morgan fingerprint density at radius 3 is 0.957 bits per heavy atom. The number of aliphatic hydroxyl groups excluding tert-OH is 2. The Kier molecular flexibility index (Phi) is 57.8. The van der Waals surface area contributed by atoms with Gasteiger partial charge in [0.2, 0.25) is 5.91 Å². The van der Waals surface area contributed by atoms with Crippen LogP contribution >= 0.6 is 0 Å². The van der Waals surface area contributed by atoms with Crippen molar-refractivity contribution in [1.29, 1.82) is 0 Å². The van der Waals surface area contributed by atoms with Gasteiger partial charge in [0.1, 0.15) is 0 Å². The Morgan fingerprint density at radius 1 is 0.362 bits per heavy atom. The highest BCUT2D eigenvalue weighted by molar-refractivity contribution is 5.76. The van der Waals surface area contributed by atoms with Crippen molar-refractivity contribution in [2.45, 2.75) is 315 Å². The number of nitrogens with one attached hydrogen (secondary N) is 1. The van der Waals surface area contributed by atoms with Gasteiger partial charge in [-0.3, -0.25) is 4.79 Å². The van der Waals surface area contributed by atoms with Crippen molar-refractivity contribution in [3.63, 3.8) is 0 Å². The third-order valence-corrected chi connectivity index (χ3v) is 13.7. The summed E-state index contributed by atoms with van der Waals surface area (Å²) in [6.45, 7) is 4.27. The highest BCUT2D eigenvalue weighted by atomic mass is 16.3. The predicted molar refractivity (Wildman–Crippen MR) is 308 cm³/mol. The fourth-order valence-electron chi connectivity index (χ4n) is 9.11. The first kappa shape index (κ1) is 66.6. The number of rotatable bonds is 55. The zero-order valence-corrected chi connectivity index (χ0v) is 46.1. The van der Waals surface area contributed by atoms with Gasteiger partial charge in [-0.15, -0.1) is 0 Å². The quantitative estimate of drug-likeness (QED) is 0.0420. The van der Waals surface area contributed by atoms with Crippen LogP contribution in [0.3, 0.4) is 0 Å². The maximum atomic E-state index is 12.5. The van der Waals surface area contributed by atoms with Crippen molar-refractivity contribution in [3.8, 4) is 0 Å². The molecule has 0 aliphatic rings. The van der Waals surface area contributed by atoms with E-state index in [1.165, 1.54) is 205 Å². The second-order valence-electron chi connectivity index (χ2n) is 20.4. The standard InChI is InChI=1S/C65H117NO3/c1-3-5-7-9-11-13-15-17-19-21-23-25-27-28-29-30-31-32-33-34-35-36-37-38-39-41-43-45-47-49-51-53-55-57-59-61-65(69)66-63(62-67)64(68)60-58-56-54-52-50-48-46-44-42-40-26-24-22-20-18-16-14-12-10-8-6-4-2/h5,7,11,13,17,19,23,25,28-29,31-32,34-35,63-64,67-68H,3-4,6,8-10,12,14-16,18,20-22,24,26-27,30,33,36-62H2,1-2H3,(H,66,69)/b7-5-,13-11-,19-17-,25-23-,29-28-,32-31-,35-34-. The molecule has 0 bridgehead atoms. The van der Waals surface area contributed by atoms with E-state index < -0.39 is 12.1 Å². The van der Waals surface area contributed by atoms with Gasteiger partial charge < -0.3 is 15.5 Å². The Morgan fingerprint density at radius 2 is 0.638 bits per heavy atom. The normalized spacial score (nSPS) is 13.4. The van der Waals surface area contributed by atoms with Crippen molar-refractivity contribution in [3.05, 3.63) is 85.1 Å². The molecule has 69 heavy (non-hydrogen) atoms. The molecule has 0 aromatic rings. The Labute approximate surface area is 431 Å². The number of hydrogen-bond donors (Lipinski definition) is 3. The Balaban J connectivity index is 3.49. The van der Waals surface area contributed by atoms with Crippen LogP contribution in [0.4, 0.5) is 0 Å². The van der Waals surface area contributed by atoms with Crippen LogP contribution in [-0.4, -0.2) is 34.9 Å². The molecule has 2 atom stereocenters. The second-order valence-corrected chi connectivity index (χ2v) is 20.4. The van der Waals surface area contributed by atoms with E-state index in [4.69, 9.17) is 0 Å². The fourth-order valence-corrected chi connectivity index (χ4v) is 9.11. The van der Waals surface area contributed by atoms with Crippen LogP contribution < -0.4 is 5.32 Å². The van der Waals surface area contributed by atoms with E-state index in [-0.39, 0.29) is 12.5 Å². The summed E-state index contributed by atoms with van der Waals surface area (Å²) in [6.07, 6.45) is 87.2. The molecule has 0 radical (unpaired) electrons. The smallest absolute Gasteiger partial charge is 0.220 e. The Hall–Kier alpha value is -2.43. The first-order valence-electron chi connectivity index (χ1n) is 30.3. The van der Waals surface area contributed by atoms with Gasteiger partial charge >= 0.3 is 0 Å². The summed E-state index contributed by atoms with van der Waals surface area (Å²) >= 11 is 0. The van der Waals surface area contributed by atoms with Crippen molar-refractivity contribution < 1.29 is 15.0 Å². The van der Waals surface area contributed by atoms with E-state index in [1.54, 1.807) is 0 Å². The average Bonchev–Trinajstić information content (AvgIpc) is 3.35. The topological polar surface area (TPSA) is 69.6 Å². The van der Waals surface area contributed by atoms with Gasteiger partial charge in [0.15, 0.2) is 0 Å². The molecule has 0 aliphatic heterocycles. The van der Waals surface area contributed by atoms with Crippen LogP contribution in [0.5, 0.6) is 0 Å². The molecule has 400 valence electrons. The van der Waals surface area contributed by atoms with Crippen molar-refractivity contribution >= 4 is 5.91 Å². The number of amides is 1. The molecule has 0 aromatic carbocycles. The largest absolute Gasteiger partial charge is 0.394 e. The number of carbonyl (C=O) groups excluding carboxylic acids is 1. The number of hydrogen-bond acceptors (Lipinski definition) is 3. The number of aliphatic hydroxyl groups is 2. The molecule has 0 saturated carbocycles. The molecular formula is C65H117NO3. The SMILES string of the molecule is CC/C=C\C/C=C\C/C=C\C/C=C\C/C=C\C/C=C\C/C=C\CCCCCCCCCCCCCCCC(=O)NC(CO)C(O)CCCCCCCCCCCCCCCCCCCCCCCC. The lowest BCUT2D eigenvalue weighted by molar-refractivity contribution is -0.123. The van der Waals surface area contributed by atoms with Crippen LogP contribution in [0.25, 0.3) is 0 Å². The third kappa shape index (κ3) is 56.4. The lowest BCUT2D eigenvalue weighted by Gasteiger charge is -2.22. The van der Waals surface area contributed by atoms with Crippen molar-refractivity contribution in [2.75, 3.05) is 6.61 Å². The summed E-state index contributed by atoms with van der Waals surface area (Å²) in [6, 6.07) is -0.542. The summed E-state index contributed by atoms with van der Waals surface area (Å²) in [5, 5.41) is 23.4. The van der Waals surface area contributed by atoms with Gasteiger partial charge in [-0.1, -0.05) is 311 Å². The summed E-state index contributed by atoms with van der Waals surface area (Å²) in [4.78, 5) is 12.5. The molecule has 4 nitrogen and oxygen atoms in total. The van der Waals surface area contributed by atoms with Crippen LogP contribution in [0, 0.1) is 0 Å². The van der Waals surface area contributed by atoms with Gasteiger partial charge in [-0.25, -0.2) is 0 Å². The van der Waals surface area contributed by atoms with E-state index in [2.05, 4.69) is 104 Å².